The molecule has 2 unspecified atom stereocenters. The molecule has 1 aliphatic carbocycles. The van der Waals surface area contributed by atoms with Crippen molar-refractivity contribution in [2.24, 2.45) is 10.9 Å². The van der Waals surface area contributed by atoms with Crippen LogP contribution in [0.4, 0.5) is 27.8 Å². The smallest absolute Gasteiger partial charge is 0.383 e. The highest BCUT2D eigenvalue weighted by Crippen LogP contribution is 2.47. The third-order valence-corrected chi connectivity index (χ3v) is 8.55. The van der Waals surface area contributed by atoms with E-state index in [-0.39, 0.29) is 41.9 Å². The second kappa shape index (κ2) is 8.62. The molecule has 37 heavy (non-hydrogen) atoms. The van der Waals surface area contributed by atoms with Gasteiger partial charge in [0.25, 0.3) is 0 Å². The van der Waals surface area contributed by atoms with Crippen LogP contribution in [0.5, 0.6) is 0 Å². The molecule has 1 spiro atoms. The molecule has 0 bridgehead atoms. The maximum Gasteiger partial charge on any atom is 0.419 e. The van der Waals surface area contributed by atoms with Crippen LogP contribution in [0.15, 0.2) is 23.3 Å². The molecule has 1 saturated carbocycles. The first kappa shape index (κ1) is 24.5. The van der Waals surface area contributed by atoms with Crippen molar-refractivity contribution in [3.63, 3.8) is 0 Å². The summed E-state index contributed by atoms with van der Waals surface area (Å²) in [6.45, 7) is 2.17. The molecular formula is C24H29F5N8. The van der Waals surface area contributed by atoms with Gasteiger partial charge in [0.15, 0.2) is 0 Å². The predicted octanol–water partition coefficient (Wildman–Crippen LogP) is 3.55. The fourth-order valence-corrected chi connectivity index (χ4v) is 6.63. The van der Waals surface area contributed by atoms with E-state index in [9.17, 15) is 22.0 Å². The zero-order valence-electron chi connectivity index (χ0n) is 20.1. The predicted molar refractivity (Wildman–Crippen MR) is 127 cm³/mol. The Balaban J connectivity index is 1.26. The number of nitrogen functional groups attached to an aromatic ring is 1. The average molecular weight is 525 g/mol. The molecule has 3 atom stereocenters. The molecule has 1 saturated heterocycles. The van der Waals surface area contributed by atoms with E-state index in [2.05, 4.69) is 30.8 Å². The fourth-order valence-electron chi connectivity index (χ4n) is 6.63. The molecule has 13 heteroatoms. The van der Waals surface area contributed by atoms with Gasteiger partial charge in [-0.2, -0.15) is 18.3 Å². The Morgan fingerprint density at radius 2 is 1.84 bits per heavy atom. The second-order valence-corrected chi connectivity index (χ2v) is 10.7. The topological polar surface area (TPSA) is 96.4 Å². The van der Waals surface area contributed by atoms with E-state index in [1.807, 2.05) is 10.7 Å². The summed E-state index contributed by atoms with van der Waals surface area (Å²) in [5.74, 6) is -3.07. The lowest BCUT2D eigenvalue weighted by molar-refractivity contribution is -0.137. The Bertz CT molecular complexity index is 1200. The third kappa shape index (κ3) is 4.35. The first-order chi connectivity index (χ1) is 17.5. The molecule has 3 aliphatic heterocycles. The molecule has 0 radical (unpaired) electrons. The Kier molecular flexibility index (Phi) is 5.71. The number of aliphatic imine (C=N–C) groups is 1. The summed E-state index contributed by atoms with van der Waals surface area (Å²) in [5.41, 5.74) is 12.1. The number of halogens is 5. The zero-order chi connectivity index (χ0) is 26.0. The van der Waals surface area contributed by atoms with Crippen molar-refractivity contribution >= 4 is 12.2 Å². The number of rotatable bonds is 4. The highest BCUT2D eigenvalue weighted by molar-refractivity contribution is 5.63. The van der Waals surface area contributed by atoms with Crippen LogP contribution >= 0.6 is 0 Å². The van der Waals surface area contributed by atoms with Gasteiger partial charge in [0.2, 0.25) is 5.92 Å². The number of aryl methyl sites for hydroxylation is 1. The van der Waals surface area contributed by atoms with Crippen LogP contribution in [-0.2, 0) is 18.1 Å². The summed E-state index contributed by atoms with van der Waals surface area (Å²) >= 11 is 0. The highest BCUT2D eigenvalue weighted by atomic mass is 19.4. The molecule has 8 nitrogen and oxygen atoms in total. The fraction of sp³-hybridized carbons (Fsp3) is 0.625. The van der Waals surface area contributed by atoms with Gasteiger partial charge in [-0.1, -0.05) is 0 Å². The van der Waals surface area contributed by atoms with Crippen molar-refractivity contribution in [2.45, 2.75) is 74.8 Å². The van der Waals surface area contributed by atoms with Gasteiger partial charge in [-0.05, 0) is 50.3 Å². The SMILES string of the molecule is Nc1ncc(-c2cc3n(n2)CC[C@@]32CCN(C(C3CCC(F)(F)CC3)C3N=CNN3)C2)cc1C(F)(F)F. The first-order valence-electron chi connectivity index (χ1n) is 12.6. The molecule has 0 amide bonds. The summed E-state index contributed by atoms with van der Waals surface area (Å²) in [6, 6.07) is 2.83. The Hall–Kier alpha value is -2.80. The number of nitrogens with zero attached hydrogens (tertiary/aromatic N) is 5. The van der Waals surface area contributed by atoms with E-state index in [0.29, 0.717) is 25.1 Å². The third-order valence-electron chi connectivity index (χ3n) is 8.55. The van der Waals surface area contributed by atoms with Crippen molar-refractivity contribution in [1.82, 2.24) is 30.5 Å². The lowest BCUT2D eigenvalue weighted by Gasteiger charge is -2.41. The quantitative estimate of drug-likeness (QED) is 0.530. The van der Waals surface area contributed by atoms with E-state index < -0.39 is 23.5 Å². The molecular weight excluding hydrogens is 495 g/mol. The second-order valence-electron chi connectivity index (χ2n) is 10.7. The molecule has 6 rings (SSSR count). The van der Waals surface area contributed by atoms with Crippen LogP contribution in [-0.4, -0.2) is 57.2 Å². The summed E-state index contributed by atoms with van der Waals surface area (Å²) in [4.78, 5) is 10.6. The molecule has 4 aliphatic rings. The number of pyridine rings is 1. The van der Waals surface area contributed by atoms with Crippen LogP contribution in [0, 0.1) is 5.92 Å². The maximum atomic E-state index is 13.9. The highest BCUT2D eigenvalue weighted by Gasteiger charge is 2.50. The molecule has 200 valence electrons. The first-order valence-corrected chi connectivity index (χ1v) is 12.6. The Morgan fingerprint density at radius 1 is 1.08 bits per heavy atom. The van der Waals surface area contributed by atoms with Crippen molar-refractivity contribution in [3.05, 3.63) is 29.6 Å². The molecule has 4 N–H and O–H groups in total. The van der Waals surface area contributed by atoms with Crippen LogP contribution in [0.3, 0.4) is 0 Å². The van der Waals surface area contributed by atoms with E-state index in [4.69, 9.17) is 5.73 Å². The number of fused-ring (bicyclic) bond motifs is 2. The van der Waals surface area contributed by atoms with Gasteiger partial charge in [0.1, 0.15) is 12.0 Å². The molecule has 2 fully saturated rings. The maximum absolute atomic E-state index is 13.9. The summed E-state index contributed by atoms with van der Waals surface area (Å²) in [7, 11) is 0. The lowest BCUT2D eigenvalue weighted by Crippen LogP contribution is -2.54. The van der Waals surface area contributed by atoms with Crippen LogP contribution in [0.2, 0.25) is 0 Å². The van der Waals surface area contributed by atoms with Crippen molar-refractivity contribution < 1.29 is 22.0 Å². The van der Waals surface area contributed by atoms with Crippen LogP contribution < -0.4 is 16.6 Å². The van der Waals surface area contributed by atoms with E-state index in [0.717, 1.165) is 37.7 Å². The minimum Gasteiger partial charge on any atom is -0.383 e. The van der Waals surface area contributed by atoms with Crippen LogP contribution in [0.25, 0.3) is 11.3 Å². The van der Waals surface area contributed by atoms with E-state index in [1.54, 1.807) is 6.34 Å². The summed E-state index contributed by atoms with van der Waals surface area (Å²) in [6.07, 6.45) is 0.499. The number of aromatic nitrogens is 3. The number of nitrogens with one attached hydrogen (secondary N) is 2. The minimum absolute atomic E-state index is 0.0335. The van der Waals surface area contributed by atoms with Gasteiger partial charge in [-0.3, -0.25) is 14.6 Å². The van der Waals surface area contributed by atoms with Gasteiger partial charge < -0.3 is 11.2 Å². The summed E-state index contributed by atoms with van der Waals surface area (Å²) in [5, 5.41) is 4.61. The lowest BCUT2D eigenvalue weighted by atomic mass is 9.79. The van der Waals surface area contributed by atoms with Gasteiger partial charge >= 0.3 is 6.18 Å². The monoisotopic (exact) mass is 524 g/mol. The van der Waals surface area contributed by atoms with Gasteiger partial charge in [0.05, 0.1) is 17.6 Å². The Labute approximate surface area is 210 Å². The molecule has 5 heterocycles. The standard InChI is InChI=1S/C24H29F5N8/c25-23(26)3-1-14(2-4-23)19(21-32-13-33-34-21)36-7-5-22(12-36)6-8-37-18(22)10-17(35-37)15-9-16(24(27,28)29)20(30)31-11-15/h9-11,13-14,19,21,34H,1-8,12H2,(H2,30,31)(H,32,33)/t19?,21?,22-/m1/s1. The number of hydrogen-bond acceptors (Lipinski definition) is 7. The van der Waals surface area contributed by atoms with Crippen molar-refractivity contribution in [3.8, 4) is 11.3 Å². The van der Waals surface area contributed by atoms with Gasteiger partial charge in [0, 0.05) is 54.8 Å². The minimum atomic E-state index is -4.60. The Morgan fingerprint density at radius 3 is 2.54 bits per heavy atom. The molecule has 2 aromatic rings. The molecule has 0 aromatic carbocycles. The number of hydrazine groups is 1. The number of likely N-dealkylation sites (tertiary alicyclic amines) is 1. The number of alkyl halides is 5. The average Bonchev–Trinajstić information content (AvgIpc) is 3.63. The van der Waals surface area contributed by atoms with Crippen LogP contribution in [0.1, 0.15) is 49.8 Å². The van der Waals surface area contributed by atoms with Gasteiger partial charge in [-0.25, -0.2) is 19.2 Å². The molecule has 2 aromatic heterocycles. The van der Waals surface area contributed by atoms with Crippen molar-refractivity contribution in [1.29, 1.82) is 0 Å². The zero-order valence-corrected chi connectivity index (χ0v) is 20.1. The number of anilines is 1. The largest absolute Gasteiger partial charge is 0.419 e. The van der Waals surface area contributed by atoms with E-state index >= 15 is 0 Å². The number of hydrogen-bond donors (Lipinski definition) is 3. The van der Waals surface area contributed by atoms with Crippen molar-refractivity contribution in [2.75, 3.05) is 18.8 Å². The summed E-state index contributed by atoms with van der Waals surface area (Å²) < 4.78 is 69.8. The van der Waals surface area contributed by atoms with Gasteiger partial charge in [-0.15, -0.1) is 0 Å². The normalized spacial score (nSPS) is 28.6. The number of nitrogens with two attached hydrogens (primary N) is 1. The van der Waals surface area contributed by atoms with E-state index in [1.165, 1.54) is 6.20 Å².